The van der Waals surface area contributed by atoms with E-state index in [-0.39, 0.29) is 30.8 Å². The average Bonchev–Trinajstić information content (AvgIpc) is 2.75. The van der Waals surface area contributed by atoms with E-state index in [1.807, 2.05) is 24.3 Å². The SMILES string of the molecule is CC1CCCCN1c1cccc2ccc(/C=C(\C#N)C(=O)CCC(O)CO)cc12. The first-order valence-electron chi connectivity index (χ1n) is 10.3. The van der Waals surface area contributed by atoms with Crippen LogP contribution in [0.3, 0.4) is 0 Å². The number of carbonyl (C=O) groups is 1. The Kier molecular flexibility index (Phi) is 7.03. The van der Waals surface area contributed by atoms with Crippen LogP contribution >= 0.6 is 0 Å². The smallest absolute Gasteiger partial charge is 0.173 e. The van der Waals surface area contributed by atoms with Crippen LogP contribution in [0.4, 0.5) is 5.69 Å². The third kappa shape index (κ3) is 5.03. The Morgan fingerprint density at radius 2 is 2.17 bits per heavy atom. The first-order chi connectivity index (χ1) is 14.0. The van der Waals surface area contributed by atoms with E-state index in [1.165, 1.54) is 24.9 Å². The Labute approximate surface area is 171 Å². The summed E-state index contributed by atoms with van der Waals surface area (Å²) in [6.45, 7) is 2.91. The average molecular weight is 392 g/mol. The van der Waals surface area contributed by atoms with Crippen molar-refractivity contribution in [3.8, 4) is 6.07 Å². The van der Waals surface area contributed by atoms with Gasteiger partial charge in [0.05, 0.1) is 18.3 Å². The zero-order valence-corrected chi connectivity index (χ0v) is 16.8. The van der Waals surface area contributed by atoms with Crippen LogP contribution in [0.1, 0.15) is 44.6 Å². The number of carbonyl (C=O) groups excluding carboxylic acids is 1. The molecule has 0 radical (unpaired) electrons. The van der Waals surface area contributed by atoms with Gasteiger partial charge in [0, 0.05) is 30.1 Å². The molecule has 29 heavy (non-hydrogen) atoms. The maximum Gasteiger partial charge on any atom is 0.173 e. The second kappa shape index (κ2) is 9.69. The molecule has 1 fully saturated rings. The zero-order chi connectivity index (χ0) is 20.8. The number of benzene rings is 2. The lowest BCUT2D eigenvalue weighted by Gasteiger charge is -2.36. The molecule has 1 heterocycles. The summed E-state index contributed by atoms with van der Waals surface area (Å²) < 4.78 is 0. The summed E-state index contributed by atoms with van der Waals surface area (Å²) in [6.07, 6.45) is 4.48. The van der Waals surface area contributed by atoms with Crippen LogP contribution in [0.25, 0.3) is 16.8 Å². The molecule has 1 aliphatic heterocycles. The van der Waals surface area contributed by atoms with Gasteiger partial charge in [-0.3, -0.25) is 4.79 Å². The van der Waals surface area contributed by atoms with E-state index in [0.29, 0.717) is 6.04 Å². The quantitative estimate of drug-likeness (QED) is 0.553. The highest BCUT2D eigenvalue weighted by atomic mass is 16.3. The first-order valence-corrected chi connectivity index (χ1v) is 10.3. The number of piperidine rings is 1. The molecule has 1 saturated heterocycles. The minimum Gasteiger partial charge on any atom is -0.394 e. The topological polar surface area (TPSA) is 84.6 Å². The Morgan fingerprint density at radius 1 is 1.34 bits per heavy atom. The minimum atomic E-state index is -0.936. The summed E-state index contributed by atoms with van der Waals surface area (Å²) in [6, 6.07) is 14.7. The Balaban J connectivity index is 1.91. The van der Waals surface area contributed by atoms with E-state index in [9.17, 15) is 15.2 Å². The lowest BCUT2D eigenvalue weighted by molar-refractivity contribution is -0.115. The predicted octanol–water partition coefficient (Wildman–Crippen LogP) is 3.83. The van der Waals surface area contributed by atoms with Crippen molar-refractivity contribution in [1.82, 2.24) is 0 Å². The molecule has 2 aromatic carbocycles. The van der Waals surface area contributed by atoms with Crippen LogP contribution in [0.2, 0.25) is 0 Å². The van der Waals surface area contributed by atoms with Gasteiger partial charge < -0.3 is 15.1 Å². The maximum absolute atomic E-state index is 12.3. The summed E-state index contributed by atoms with van der Waals surface area (Å²) in [7, 11) is 0. The highest BCUT2D eigenvalue weighted by Gasteiger charge is 2.20. The van der Waals surface area contributed by atoms with Gasteiger partial charge in [-0.2, -0.15) is 5.26 Å². The van der Waals surface area contributed by atoms with Crippen molar-refractivity contribution in [2.24, 2.45) is 0 Å². The molecule has 152 valence electrons. The number of anilines is 1. The molecule has 2 atom stereocenters. The monoisotopic (exact) mass is 392 g/mol. The van der Waals surface area contributed by atoms with E-state index in [1.54, 1.807) is 6.08 Å². The number of allylic oxidation sites excluding steroid dienone is 1. The Morgan fingerprint density at radius 3 is 2.90 bits per heavy atom. The zero-order valence-electron chi connectivity index (χ0n) is 16.8. The van der Waals surface area contributed by atoms with Gasteiger partial charge in [0.2, 0.25) is 0 Å². The number of nitriles is 1. The molecule has 0 bridgehead atoms. The fourth-order valence-corrected chi connectivity index (χ4v) is 3.94. The summed E-state index contributed by atoms with van der Waals surface area (Å²) >= 11 is 0. The van der Waals surface area contributed by atoms with Gasteiger partial charge in [-0.15, -0.1) is 0 Å². The summed E-state index contributed by atoms with van der Waals surface area (Å²) in [5.74, 6) is -0.321. The van der Waals surface area contributed by atoms with Crippen LogP contribution in [0.15, 0.2) is 42.0 Å². The fraction of sp³-hybridized carbons (Fsp3) is 0.417. The van der Waals surface area contributed by atoms with Gasteiger partial charge in [-0.1, -0.05) is 24.3 Å². The number of hydrogen-bond acceptors (Lipinski definition) is 5. The van der Waals surface area contributed by atoms with Crippen LogP contribution in [0, 0.1) is 11.3 Å². The molecule has 0 aromatic heterocycles. The van der Waals surface area contributed by atoms with Crippen LogP contribution in [-0.4, -0.2) is 41.3 Å². The van der Waals surface area contributed by atoms with Crippen molar-refractivity contribution in [3.63, 3.8) is 0 Å². The number of aliphatic hydroxyl groups is 2. The van der Waals surface area contributed by atoms with E-state index in [0.717, 1.165) is 22.9 Å². The summed E-state index contributed by atoms with van der Waals surface area (Å²) in [5.41, 5.74) is 2.07. The van der Waals surface area contributed by atoms with Crippen molar-refractivity contribution in [1.29, 1.82) is 5.26 Å². The van der Waals surface area contributed by atoms with Crippen molar-refractivity contribution < 1.29 is 15.0 Å². The predicted molar refractivity (Wildman–Crippen MR) is 116 cm³/mol. The molecule has 0 amide bonds. The second-order valence-corrected chi connectivity index (χ2v) is 7.76. The number of fused-ring (bicyclic) bond motifs is 1. The van der Waals surface area contributed by atoms with Crippen LogP contribution in [-0.2, 0) is 4.79 Å². The largest absolute Gasteiger partial charge is 0.394 e. The molecular weight excluding hydrogens is 364 g/mol. The fourth-order valence-electron chi connectivity index (χ4n) is 3.94. The molecule has 2 unspecified atom stereocenters. The summed E-state index contributed by atoms with van der Waals surface area (Å²) in [5, 5.41) is 30.0. The second-order valence-electron chi connectivity index (χ2n) is 7.76. The molecule has 5 nitrogen and oxygen atoms in total. The minimum absolute atomic E-state index is 0.0330. The van der Waals surface area contributed by atoms with E-state index < -0.39 is 6.10 Å². The first kappa shape index (κ1) is 21.0. The molecule has 1 aliphatic rings. The summed E-state index contributed by atoms with van der Waals surface area (Å²) in [4.78, 5) is 14.8. The highest BCUT2D eigenvalue weighted by molar-refractivity contribution is 6.04. The molecule has 0 spiro atoms. The van der Waals surface area contributed by atoms with Crippen molar-refractivity contribution in [2.75, 3.05) is 18.1 Å². The number of hydrogen-bond donors (Lipinski definition) is 2. The molecule has 0 saturated carbocycles. The van der Waals surface area contributed by atoms with Gasteiger partial charge >= 0.3 is 0 Å². The third-order valence-corrected chi connectivity index (χ3v) is 5.64. The molecule has 2 aromatic rings. The number of ketones is 1. The van der Waals surface area contributed by atoms with Gasteiger partial charge in [0.15, 0.2) is 5.78 Å². The number of nitrogens with zero attached hydrogens (tertiary/aromatic N) is 2. The lowest BCUT2D eigenvalue weighted by atomic mass is 9.98. The van der Waals surface area contributed by atoms with Crippen LogP contribution in [0.5, 0.6) is 0 Å². The number of rotatable bonds is 7. The van der Waals surface area contributed by atoms with Crippen LogP contribution < -0.4 is 4.90 Å². The maximum atomic E-state index is 12.3. The van der Waals surface area contributed by atoms with Gasteiger partial charge in [-0.05, 0) is 61.8 Å². The third-order valence-electron chi connectivity index (χ3n) is 5.64. The number of aliphatic hydroxyl groups excluding tert-OH is 2. The van der Waals surface area contributed by atoms with Crippen molar-refractivity contribution in [3.05, 3.63) is 47.5 Å². The molecule has 0 aliphatic carbocycles. The molecule has 2 N–H and O–H groups in total. The molecular formula is C24H28N2O3. The van der Waals surface area contributed by atoms with Gasteiger partial charge in [-0.25, -0.2) is 0 Å². The van der Waals surface area contributed by atoms with Crippen molar-refractivity contribution >= 4 is 28.3 Å². The van der Waals surface area contributed by atoms with Gasteiger partial charge in [0.1, 0.15) is 6.07 Å². The Bertz CT molecular complexity index is 945. The Hall–Kier alpha value is -2.68. The van der Waals surface area contributed by atoms with E-state index in [2.05, 4.69) is 30.0 Å². The lowest BCUT2D eigenvalue weighted by Crippen LogP contribution is -2.37. The van der Waals surface area contributed by atoms with E-state index in [4.69, 9.17) is 5.11 Å². The molecule has 3 rings (SSSR count). The normalized spacial score (nSPS) is 18.5. The van der Waals surface area contributed by atoms with E-state index >= 15 is 0 Å². The highest BCUT2D eigenvalue weighted by Crippen LogP contribution is 2.32. The standard InChI is InChI=1S/C24H28N2O3/c1-17-5-2-3-12-26(17)23-7-4-6-19-9-8-18(14-22(19)23)13-20(15-25)24(29)11-10-21(28)16-27/h4,6-9,13-14,17,21,27-28H,2-3,5,10-12,16H2,1H3/b20-13+. The van der Waals surface area contributed by atoms with Crippen molar-refractivity contribution in [2.45, 2.75) is 51.2 Å². The number of Topliss-reactive ketones (excluding diaryl/α,β-unsaturated/α-hetero) is 1. The molecule has 5 heteroatoms. The van der Waals surface area contributed by atoms with Gasteiger partial charge in [0.25, 0.3) is 0 Å².